The van der Waals surface area contributed by atoms with E-state index in [1.807, 2.05) is 23.1 Å². The summed E-state index contributed by atoms with van der Waals surface area (Å²) in [6.07, 6.45) is 5.46. The molecule has 0 spiro atoms. The van der Waals surface area contributed by atoms with E-state index in [9.17, 15) is 4.79 Å². The number of nitrogens with zero attached hydrogens (tertiary/aromatic N) is 3. The van der Waals surface area contributed by atoms with E-state index in [0.29, 0.717) is 6.54 Å². The fourth-order valence-electron chi connectivity index (χ4n) is 4.42. The number of H-pyrrole nitrogens is 1. The number of carbonyl (C=O) groups is 1. The molecule has 2 aromatic heterocycles. The maximum absolute atomic E-state index is 12.3. The van der Waals surface area contributed by atoms with Gasteiger partial charge >= 0.3 is 6.09 Å². The predicted molar refractivity (Wildman–Crippen MR) is 107 cm³/mol. The van der Waals surface area contributed by atoms with Crippen molar-refractivity contribution in [2.24, 2.45) is 0 Å². The van der Waals surface area contributed by atoms with Crippen LogP contribution in [0.4, 0.5) is 4.79 Å². The highest BCUT2D eigenvalue weighted by Gasteiger charge is 2.47. The monoisotopic (exact) mass is 376 g/mol. The molecule has 3 aromatic rings. The number of fused-ring (bicyclic) bond motifs is 2. The number of benzene rings is 1. The zero-order valence-electron chi connectivity index (χ0n) is 15.8. The molecule has 144 valence electrons. The molecule has 6 heteroatoms. The Labute approximate surface area is 164 Å². The van der Waals surface area contributed by atoms with Gasteiger partial charge in [-0.1, -0.05) is 24.3 Å². The van der Waals surface area contributed by atoms with Crippen LogP contribution in [0.2, 0.25) is 0 Å². The van der Waals surface area contributed by atoms with Crippen LogP contribution in [0.1, 0.15) is 11.3 Å². The smallest absolute Gasteiger partial charge is 0.410 e. The number of aromatic nitrogens is 2. The SMILES string of the molecule is O=C1O[C@@H]2CN(CCc3c[nH]c4ccccc34)C[C@@H]2N1CCc1ccccn1. The zero-order chi connectivity index (χ0) is 18.9. The average Bonchev–Trinajstić information content (AvgIpc) is 3.38. The van der Waals surface area contributed by atoms with E-state index in [0.717, 1.165) is 38.2 Å². The second kappa shape index (κ2) is 7.28. The molecule has 0 unspecified atom stereocenters. The van der Waals surface area contributed by atoms with Crippen LogP contribution in [0.25, 0.3) is 10.9 Å². The number of ether oxygens (including phenoxy) is 1. The van der Waals surface area contributed by atoms with Crippen LogP contribution in [0.3, 0.4) is 0 Å². The van der Waals surface area contributed by atoms with Gasteiger partial charge in [-0.3, -0.25) is 14.8 Å². The summed E-state index contributed by atoms with van der Waals surface area (Å²) in [4.78, 5) is 24.3. The highest BCUT2D eigenvalue weighted by Crippen LogP contribution is 2.27. The van der Waals surface area contributed by atoms with Gasteiger partial charge in [0.25, 0.3) is 0 Å². The summed E-state index contributed by atoms with van der Waals surface area (Å²) >= 11 is 0. The number of likely N-dealkylation sites (tertiary alicyclic amines) is 1. The minimum absolute atomic E-state index is 0.0146. The predicted octanol–water partition coefficient (Wildman–Crippen LogP) is 2.85. The number of hydrogen-bond donors (Lipinski definition) is 1. The number of hydrogen-bond acceptors (Lipinski definition) is 4. The molecule has 2 atom stereocenters. The summed E-state index contributed by atoms with van der Waals surface area (Å²) < 4.78 is 5.64. The molecule has 5 rings (SSSR count). The lowest BCUT2D eigenvalue weighted by atomic mass is 10.1. The van der Waals surface area contributed by atoms with E-state index in [-0.39, 0.29) is 18.2 Å². The topological polar surface area (TPSA) is 61.5 Å². The first kappa shape index (κ1) is 17.3. The summed E-state index contributed by atoms with van der Waals surface area (Å²) in [6, 6.07) is 14.5. The van der Waals surface area contributed by atoms with Gasteiger partial charge in [0, 0.05) is 61.6 Å². The summed E-state index contributed by atoms with van der Waals surface area (Å²) in [5.74, 6) is 0. The van der Waals surface area contributed by atoms with Gasteiger partial charge in [0.1, 0.15) is 6.10 Å². The molecule has 2 saturated heterocycles. The first-order chi connectivity index (χ1) is 13.8. The van der Waals surface area contributed by atoms with Crippen molar-refractivity contribution in [2.45, 2.75) is 25.0 Å². The number of carbonyl (C=O) groups excluding carboxylic acids is 1. The number of para-hydroxylation sites is 1. The molecular formula is C22H24N4O2. The molecule has 0 saturated carbocycles. The number of rotatable bonds is 6. The molecular weight excluding hydrogens is 352 g/mol. The maximum atomic E-state index is 12.3. The van der Waals surface area contributed by atoms with Gasteiger partial charge in [-0.2, -0.15) is 0 Å². The molecule has 28 heavy (non-hydrogen) atoms. The van der Waals surface area contributed by atoms with E-state index in [1.54, 1.807) is 6.20 Å². The van der Waals surface area contributed by atoms with Crippen LogP contribution < -0.4 is 0 Å². The van der Waals surface area contributed by atoms with Gasteiger partial charge in [0.15, 0.2) is 0 Å². The molecule has 6 nitrogen and oxygen atoms in total. The molecule has 1 amide bonds. The molecule has 1 N–H and O–H groups in total. The van der Waals surface area contributed by atoms with E-state index < -0.39 is 0 Å². The second-order valence-electron chi connectivity index (χ2n) is 7.62. The third-order valence-electron chi connectivity index (χ3n) is 5.91. The zero-order valence-corrected chi connectivity index (χ0v) is 15.8. The number of amides is 1. The number of pyridine rings is 1. The molecule has 1 aromatic carbocycles. The Morgan fingerprint density at radius 1 is 1.07 bits per heavy atom. The summed E-state index contributed by atoms with van der Waals surface area (Å²) in [5.41, 5.74) is 3.54. The van der Waals surface area contributed by atoms with Crippen LogP contribution in [-0.2, 0) is 17.6 Å². The maximum Gasteiger partial charge on any atom is 0.410 e. The number of nitrogens with one attached hydrogen (secondary N) is 1. The van der Waals surface area contributed by atoms with E-state index in [4.69, 9.17) is 4.74 Å². The quantitative estimate of drug-likeness (QED) is 0.719. The fraction of sp³-hybridized carbons (Fsp3) is 0.364. The van der Waals surface area contributed by atoms with Crippen LogP contribution in [0.5, 0.6) is 0 Å². The third kappa shape index (κ3) is 3.24. The van der Waals surface area contributed by atoms with Gasteiger partial charge in [-0.15, -0.1) is 0 Å². The van der Waals surface area contributed by atoms with Gasteiger partial charge in [-0.25, -0.2) is 4.79 Å². The van der Waals surface area contributed by atoms with Crippen LogP contribution in [0, 0.1) is 0 Å². The van der Waals surface area contributed by atoms with Crippen molar-refractivity contribution >= 4 is 17.0 Å². The molecule has 0 radical (unpaired) electrons. The third-order valence-corrected chi connectivity index (χ3v) is 5.91. The van der Waals surface area contributed by atoms with Crippen LogP contribution >= 0.6 is 0 Å². The second-order valence-corrected chi connectivity index (χ2v) is 7.62. The Balaban J connectivity index is 1.19. The summed E-state index contributed by atoms with van der Waals surface area (Å²) in [6.45, 7) is 3.33. The molecule has 0 bridgehead atoms. The van der Waals surface area contributed by atoms with Gasteiger partial charge in [0.2, 0.25) is 0 Å². The summed E-state index contributed by atoms with van der Waals surface area (Å²) in [5, 5.41) is 1.30. The lowest BCUT2D eigenvalue weighted by Gasteiger charge is -2.22. The minimum Gasteiger partial charge on any atom is -0.442 e. The van der Waals surface area contributed by atoms with Crippen molar-refractivity contribution in [3.05, 3.63) is 66.1 Å². The Morgan fingerprint density at radius 2 is 1.96 bits per heavy atom. The van der Waals surface area contributed by atoms with Crippen LogP contribution in [-0.4, -0.2) is 64.2 Å². The minimum atomic E-state index is -0.179. The van der Waals surface area contributed by atoms with Crippen molar-refractivity contribution in [3.63, 3.8) is 0 Å². The van der Waals surface area contributed by atoms with Gasteiger partial charge in [0.05, 0.1) is 6.04 Å². The molecule has 0 aliphatic carbocycles. The molecule has 2 aliphatic heterocycles. The van der Waals surface area contributed by atoms with Crippen molar-refractivity contribution in [2.75, 3.05) is 26.2 Å². The van der Waals surface area contributed by atoms with Gasteiger partial charge in [-0.05, 0) is 30.2 Å². The molecule has 4 heterocycles. The molecule has 2 aliphatic rings. The Morgan fingerprint density at radius 3 is 2.86 bits per heavy atom. The normalized spacial score (nSPS) is 22.0. The van der Waals surface area contributed by atoms with E-state index in [2.05, 4.69) is 45.3 Å². The Kier molecular flexibility index (Phi) is 4.49. The van der Waals surface area contributed by atoms with Crippen LogP contribution in [0.15, 0.2) is 54.9 Å². The Hall–Kier alpha value is -2.86. The average molecular weight is 376 g/mol. The van der Waals surface area contributed by atoms with Crippen molar-refractivity contribution < 1.29 is 9.53 Å². The first-order valence-electron chi connectivity index (χ1n) is 9.92. The lowest BCUT2D eigenvalue weighted by Crippen LogP contribution is -2.39. The fourth-order valence-corrected chi connectivity index (χ4v) is 4.42. The highest BCUT2D eigenvalue weighted by molar-refractivity contribution is 5.83. The molecule has 2 fully saturated rings. The van der Waals surface area contributed by atoms with Crippen molar-refractivity contribution in [1.82, 2.24) is 19.8 Å². The van der Waals surface area contributed by atoms with Crippen molar-refractivity contribution in [3.8, 4) is 0 Å². The largest absolute Gasteiger partial charge is 0.442 e. The van der Waals surface area contributed by atoms with E-state index in [1.165, 1.54) is 16.5 Å². The first-order valence-corrected chi connectivity index (χ1v) is 9.92. The van der Waals surface area contributed by atoms with Gasteiger partial charge < -0.3 is 9.72 Å². The van der Waals surface area contributed by atoms with Crippen molar-refractivity contribution in [1.29, 1.82) is 0 Å². The standard InChI is InChI=1S/C22H24N4O2/c27-22-26(12-9-17-5-3-4-10-23-17)20-14-25(15-21(20)28-22)11-8-16-13-24-19-7-2-1-6-18(16)19/h1-7,10,13,20-21,24H,8-9,11-12,14-15H2/t20-,21+/m0/s1. The van der Waals surface area contributed by atoms with E-state index >= 15 is 0 Å². The lowest BCUT2D eigenvalue weighted by molar-refractivity contribution is 0.121. The number of aromatic amines is 1. The highest BCUT2D eigenvalue weighted by atomic mass is 16.6. The Bertz CT molecular complexity index is 971. The summed E-state index contributed by atoms with van der Waals surface area (Å²) in [7, 11) is 0.